The molecule has 0 aliphatic carbocycles. The lowest BCUT2D eigenvalue weighted by atomic mass is 10.1. The van der Waals surface area contributed by atoms with Crippen LogP contribution < -0.4 is 10.6 Å². The van der Waals surface area contributed by atoms with Gasteiger partial charge in [0.2, 0.25) is 5.91 Å². The molecule has 9 heteroatoms. The zero-order chi connectivity index (χ0) is 19.3. The molecule has 0 saturated heterocycles. The molecule has 0 fully saturated rings. The Balaban J connectivity index is 2.07. The zero-order valence-electron chi connectivity index (χ0n) is 15.6. The second-order valence-electron chi connectivity index (χ2n) is 6.74. The highest BCUT2D eigenvalue weighted by Crippen LogP contribution is 2.26. The standard InChI is InChI=1S/C17H24N6O2S/c1-6-23-13(12-7-9-18-10-8-12)21-22-16(23)26-11(2)14(24)19-15(25)20-17(3,4)5/h7-11H,6H2,1-5H3,(H2,19,20,24,25)/t11-/m1/s1. The number of imide groups is 1. The molecule has 0 bridgehead atoms. The monoisotopic (exact) mass is 376 g/mol. The van der Waals surface area contributed by atoms with Crippen molar-refractivity contribution in [1.82, 2.24) is 30.4 Å². The highest BCUT2D eigenvalue weighted by Gasteiger charge is 2.23. The van der Waals surface area contributed by atoms with E-state index < -0.39 is 16.8 Å². The minimum atomic E-state index is -0.510. The van der Waals surface area contributed by atoms with Crippen LogP contribution in [0.2, 0.25) is 0 Å². The van der Waals surface area contributed by atoms with Gasteiger partial charge >= 0.3 is 6.03 Å². The molecular weight excluding hydrogens is 352 g/mol. The Morgan fingerprint density at radius 1 is 1.23 bits per heavy atom. The number of pyridine rings is 1. The van der Waals surface area contributed by atoms with E-state index in [-0.39, 0.29) is 5.91 Å². The summed E-state index contributed by atoms with van der Waals surface area (Å²) < 4.78 is 1.93. The number of nitrogens with zero attached hydrogens (tertiary/aromatic N) is 4. The molecule has 2 N–H and O–H groups in total. The molecule has 2 heterocycles. The summed E-state index contributed by atoms with van der Waals surface area (Å²) in [6, 6.07) is 3.21. The highest BCUT2D eigenvalue weighted by molar-refractivity contribution is 8.00. The van der Waals surface area contributed by atoms with Crippen molar-refractivity contribution in [3.8, 4) is 11.4 Å². The Hall–Kier alpha value is -2.42. The molecule has 26 heavy (non-hydrogen) atoms. The van der Waals surface area contributed by atoms with Gasteiger partial charge in [-0.1, -0.05) is 11.8 Å². The Morgan fingerprint density at radius 2 is 1.88 bits per heavy atom. The number of carbonyl (C=O) groups excluding carboxylic acids is 2. The van der Waals surface area contributed by atoms with Gasteiger partial charge in [0, 0.05) is 30.0 Å². The van der Waals surface area contributed by atoms with Crippen LogP contribution in [0.3, 0.4) is 0 Å². The molecule has 2 aromatic heterocycles. The van der Waals surface area contributed by atoms with E-state index in [4.69, 9.17) is 0 Å². The molecule has 140 valence electrons. The van der Waals surface area contributed by atoms with Gasteiger partial charge in [-0.3, -0.25) is 15.1 Å². The van der Waals surface area contributed by atoms with Crippen molar-refractivity contribution < 1.29 is 9.59 Å². The smallest absolute Gasteiger partial charge is 0.321 e. The van der Waals surface area contributed by atoms with Crippen molar-refractivity contribution in [3.63, 3.8) is 0 Å². The van der Waals surface area contributed by atoms with Gasteiger partial charge in [-0.2, -0.15) is 0 Å². The summed E-state index contributed by atoms with van der Waals surface area (Å²) in [6.45, 7) is 9.91. The third kappa shape index (κ3) is 5.29. The van der Waals surface area contributed by atoms with E-state index in [0.717, 1.165) is 11.4 Å². The minimum absolute atomic E-state index is 0.382. The summed E-state index contributed by atoms with van der Waals surface area (Å²) in [6.07, 6.45) is 3.39. The van der Waals surface area contributed by atoms with Crippen molar-refractivity contribution >= 4 is 23.7 Å². The average Bonchev–Trinajstić information content (AvgIpc) is 2.96. The number of rotatable bonds is 5. The molecule has 0 saturated carbocycles. The molecule has 0 radical (unpaired) electrons. The number of carbonyl (C=O) groups is 2. The Kier molecular flexibility index (Phi) is 6.36. The maximum atomic E-state index is 12.3. The summed E-state index contributed by atoms with van der Waals surface area (Å²) in [7, 11) is 0. The number of hydrogen-bond acceptors (Lipinski definition) is 6. The largest absolute Gasteiger partial charge is 0.333 e. The van der Waals surface area contributed by atoms with Crippen LogP contribution in [-0.4, -0.2) is 42.5 Å². The Labute approximate surface area is 157 Å². The van der Waals surface area contributed by atoms with Crippen LogP contribution in [0.25, 0.3) is 11.4 Å². The number of hydrogen-bond donors (Lipinski definition) is 2. The number of aromatic nitrogens is 4. The molecule has 3 amide bonds. The molecule has 2 aromatic rings. The van der Waals surface area contributed by atoms with E-state index in [2.05, 4.69) is 25.8 Å². The summed E-state index contributed by atoms with van der Waals surface area (Å²) in [5, 5.41) is 13.6. The van der Waals surface area contributed by atoms with Crippen LogP contribution in [0.15, 0.2) is 29.7 Å². The molecule has 0 aliphatic rings. The summed E-state index contributed by atoms with van der Waals surface area (Å²) >= 11 is 1.26. The van der Waals surface area contributed by atoms with Crippen molar-refractivity contribution in [2.75, 3.05) is 0 Å². The SMILES string of the molecule is CCn1c(S[C@H](C)C(=O)NC(=O)NC(C)(C)C)nnc1-c1ccncc1. The van der Waals surface area contributed by atoms with E-state index in [9.17, 15) is 9.59 Å². The van der Waals surface area contributed by atoms with Crippen molar-refractivity contribution in [3.05, 3.63) is 24.5 Å². The van der Waals surface area contributed by atoms with Gasteiger partial charge < -0.3 is 9.88 Å². The van der Waals surface area contributed by atoms with Crippen molar-refractivity contribution in [1.29, 1.82) is 0 Å². The minimum Gasteiger partial charge on any atom is -0.333 e. The quantitative estimate of drug-likeness (QED) is 0.777. The summed E-state index contributed by atoms with van der Waals surface area (Å²) in [4.78, 5) is 28.1. The van der Waals surface area contributed by atoms with Crippen molar-refractivity contribution in [2.24, 2.45) is 0 Å². The zero-order valence-corrected chi connectivity index (χ0v) is 16.4. The molecule has 0 spiro atoms. The second-order valence-corrected chi connectivity index (χ2v) is 8.05. The van der Waals surface area contributed by atoms with Crippen LogP contribution in [0.4, 0.5) is 4.79 Å². The van der Waals surface area contributed by atoms with Crippen molar-refractivity contribution in [2.45, 2.75) is 57.1 Å². The number of thioether (sulfide) groups is 1. The highest BCUT2D eigenvalue weighted by atomic mass is 32.2. The molecule has 0 unspecified atom stereocenters. The molecule has 0 aromatic carbocycles. The van der Waals surface area contributed by atoms with E-state index in [1.54, 1.807) is 19.3 Å². The third-order valence-electron chi connectivity index (χ3n) is 3.35. The Morgan fingerprint density at radius 3 is 2.46 bits per heavy atom. The predicted molar refractivity (Wildman–Crippen MR) is 101 cm³/mol. The second kappa shape index (κ2) is 8.31. The van der Waals surface area contributed by atoms with Crippen LogP contribution in [0.1, 0.15) is 34.6 Å². The van der Waals surface area contributed by atoms with Gasteiger partial charge in [0.05, 0.1) is 5.25 Å². The fourth-order valence-electron chi connectivity index (χ4n) is 2.17. The van der Waals surface area contributed by atoms with Gasteiger partial charge in [-0.25, -0.2) is 4.79 Å². The number of urea groups is 1. The maximum Gasteiger partial charge on any atom is 0.321 e. The van der Waals surface area contributed by atoms with E-state index in [0.29, 0.717) is 11.7 Å². The lowest BCUT2D eigenvalue weighted by Crippen LogP contribution is -2.49. The van der Waals surface area contributed by atoms with Gasteiger partial charge in [0.15, 0.2) is 11.0 Å². The topological polar surface area (TPSA) is 102 Å². The Bertz CT molecular complexity index is 769. The normalized spacial score (nSPS) is 12.5. The maximum absolute atomic E-state index is 12.3. The van der Waals surface area contributed by atoms with Crippen LogP contribution in [0, 0.1) is 0 Å². The fraction of sp³-hybridized carbons (Fsp3) is 0.471. The fourth-order valence-corrected chi connectivity index (χ4v) is 3.09. The molecule has 8 nitrogen and oxygen atoms in total. The first-order valence-electron chi connectivity index (χ1n) is 8.34. The predicted octanol–water partition coefficient (Wildman–Crippen LogP) is 2.46. The van der Waals surface area contributed by atoms with E-state index in [1.165, 1.54) is 11.8 Å². The molecule has 2 rings (SSSR count). The lowest BCUT2D eigenvalue weighted by molar-refractivity contribution is -0.119. The first-order chi connectivity index (χ1) is 12.2. The summed E-state index contributed by atoms with van der Waals surface area (Å²) in [5.74, 6) is 0.336. The van der Waals surface area contributed by atoms with Crippen LogP contribution in [0.5, 0.6) is 0 Å². The summed E-state index contributed by atoms with van der Waals surface area (Å²) in [5.41, 5.74) is 0.491. The van der Waals surface area contributed by atoms with Gasteiger partial charge in [-0.05, 0) is 46.8 Å². The van der Waals surface area contributed by atoms with Gasteiger partial charge in [0.1, 0.15) is 0 Å². The lowest BCUT2D eigenvalue weighted by Gasteiger charge is -2.21. The average molecular weight is 376 g/mol. The number of nitrogens with one attached hydrogen (secondary N) is 2. The third-order valence-corrected chi connectivity index (χ3v) is 4.43. The van der Waals surface area contributed by atoms with E-state index in [1.807, 2.05) is 44.4 Å². The molecule has 1 atom stereocenters. The first-order valence-corrected chi connectivity index (χ1v) is 9.22. The molecular formula is C17H24N6O2S. The molecule has 0 aliphatic heterocycles. The number of amides is 3. The van der Waals surface area contributed by atoms with E-state index >= 15 is 0 Å². The van der Waals surface area contributed by atoms with Crippen LogP contribution in [-0.2, 0) is 11.3 Å². The first kappa shape index (κ1) is 19.9. The van der Waals surface area contributed by atoms with Gasteiger partial charge in [0.25, 0.3) is 0 Å². The van der Waals surface area contributed by atoms with Crippen LogP contribution >= 0.6 is 11.8 Å². The van der Waals surface area contributed by atoms with Gasteiger partial charge in [-0.15, -0.1) is 10.2 Å².